The van der Waals surface area contributed by atoms with E-state index in [0.717, 1.165) is 25.9 Å². The van der Waals surface area contributed by atoms with Crippen LogP contribution >= 0.6 is 11.6 Å². The third-order valence-corrected chi connectivity index (χ3v) is 3.29. The molecule has 2 heterocycles. The smallest absolute Gasteiger partial charge is 0.274 e. The van der Waals surface area contributed by atoms with E-state index in [-0.39, 0.29) is 5.91 Å². The van der Waals surface area contributed by atoms with E-state index in [2.05, 4.69) is 9.97 Å². The number of amides is 1. The zero-order valence-corrected chi connectivity index (χ0v) is 10.5. The molecule has 0 N–H and O–H groups in total. The van der Waals surface area contributed by atoms with Crippen LogP contribution < -0.4 is 0 Å². The molecule has 0 atom stereocenters. The minimum absolute atomic E-state index is 0.0701. The summed E-state index contributed by atoms with van der Waals surface area (Å²) in [4.78, 5) is 21.9. The number of likely N-dealkylation sites (tertiary alicyclic amines) is 1. The molecule has 4 nitrogen and oxygen atoms in total. The first kappa shape index (κ1) is 12.3. The number of hydrogen-bond donors (Lipinski definition) is 0. The molecule has 0 bridgehead atoms. The van der Waals surface area contributed by atoms with Crippen molar-refractivity contribution in [3.8, 4) is 0 Å². The van der Waals surface area contributed by atoms with E-state index < -0.39 is 0 Å². The molecule has 1 fully saturated rings. The van der Waals surface area contributed by atoms with E-state index in [9.17, 15) is 4.79 Å². The summed E-state index contributed by atoms with van der Waals surface area (Å²) >= 11 is 5.94. The van der Waals surface area contributed by atoms with E-state index in [1.807, 2.05) is 4.90 Å². The lowest BCUT2D eigenvalue weighted by Crippen LogP contribution is -2.34. The molecule has 92 valence electrons. The number of carbonyl (C=O) groups is 1. The van der Waals surface area contributed by atoms with Crippen molar-refractivity contribution >= 4 is 17.5 Å². The van der Waals surface area contributed by atoms with Crippen LogP contribution in [0.4, 0.5) is 0 Å². The van der Waals surface area contributed by atoms with Crippen molar-refractivity contribution in [3.05, 3.63) is 23.2 Å². The molecule has 1 aliphatic rings. The third kappa shape index (κ3) is 3.16. The van der Waals surface area contributed by atoms with Gasteiger partial charge in [0.2, 0.25) is 0 Å². The molecule has 0 aliphatic carbocycles. The standard InChI is InChI=1S/C12H16ClN3O/c13-10-8-14-9-15-11(10)12(17)16-6-4-2-1-3-5-7-16/h8-9H,1-7H2. The molecular formula is C12H16ClN3O. The molecule has 5 heteroatoms. The lowest BCUT2D eigenvalue weighted by Gasteiger charge is -2.24. The molecule has 1 amide bonds. The highest BCUT2D eigenvalue weighted by molar-refractivity contribution is 6.33. The quantitative estimate of drug-likeness (QED) is 0.773. The average molecular weight is 254 g/mol. The second-order valence-corrected chi connectivity index (χ2v) is 4.69. The Balaban J connectivity index is 2.10. The third-order valence-electron chi connectivity index (χ3n) is 3.01. The number of halogens is 1. The Morgan fingerprint density at radius 3 is 2.47 bits per heavy atom. The fourth-order valence-corrected chi connectivity index (χ4v) is 2.26. The van der Waals surface area contributed by atoms with Gasteiger partial charge in [-0.3, -0.25) is 4.79 Å². The van der Waals surface area contributed by atoms with Crippen LogP contribution in [0.15, 0.2) is 12.5 Å². The number of carbonyl (C=O) groups excluding carboxylic acids is 1. The van der Waals surface area contributed by atoms with E-state index in [1.54, 1.807) is 0 Å². The van der Waals surface area contributed by atoms with Crippen LogP contribution in [0.3, 0.4) is 0 Å². The van der Waals surface area contributed by atoms with Gasteiger partial charge in [0.15, 0.2) is 0 Å². The zero-order valence-electron chi connectivity index (χ0n) is 9.73. The van der Waals surface area contributed by atoms with Crippen LogP contribution in [0.2, 0.25) is 5.02 Å². The van der Waals surface area contributed by atoms with Crippen molar-refractivity contribution in [1.82, 2.24) is 14.9 Å². The fraction of sp³-hybridized carbons (Fsp3) is 0.583. The van der Waals surface area contributed by atoms with Gasteiger partial charge in [0.1, 0.15) is 12.0 Å². The number of rotatable bonds is 1. The summed E-state index contributed by atoms with van der Waals surface area (Å²) < 4.78 is 0. The molecule has 0 spiro atoms. The zero-order chi connectivity index (χ0) is 12.1. The van der Waals surface area contributed by atoms with Gasteiger partial charge >= 0.3 is 0 Å². The molecule has 1 aliphatic heterocycles. The first-order chi connectivity index (χ1) is 8.29. The van der Waals surface area contributed by atoms with E-state index in [4.69, 9.17) is 11.6 Å². The SMILES string of the molecule is O=C(c1ncncc1Cl)N1CCCCCCC1. The number of hydrogen-bond acceptors (Lipinski definition) is 3. The first-order valence-electron chi connectivity index (χ1n) is 6.04. The van der Waals surface area contributed by atoms with E-state index >= 15 is 0 Å². The van der Waals surface area contributed by atoms with Crippen LogP contribution in [0.5, 0.6) is 0 Å². The number of nitrogens with zero attached hydrogens (tertiary/aromatic N) is 3. The van der Waals surface area contributed by atoms with E-state index in [0.29, 0.717) is 10.7 Å². The highest BCUT2D eigenvalue weighted by atomic mass is 35.5. The minimum Gasteiger partial charge on any atom is -0.337 e. The normalized spacial score (nSPS) is 17.4. The summed E-state index contributed by atoms with van der Waals surface area (Å²) in [7, 11) is 0. The lowest BCUT2D eigenvalue weighted by molar-refractivity contribution is 0.0736. The largest absolute Gasteiger partial charge is 0.337 e. The van der Waals surface area contributed by atoms with Crippen LogP contribution in [0.25, 0.3) is 0 Å². The summed E-state index contributed by atoms with van der Waals surface area (Å²) in [5.41, 5.74) is 0.322. The summed E-state index contributed by atoms with van der Waals surface area (Å²) in [5, 5.41) is 0.333. The van der Waals surface area contributed by atoms with Gasteiger partial charge in [-0.1, -0.05) is 30.9 Å². The predicted molar refractivity (Wildman–Crippen MR) is 66.0 cm³/mol. The first-order valence-corrected chi connectivity index (χ1v) is 6.41. The minimum atomic E-state index is -0.0701. The van der Waals surface area contributed by atoms with Crippen molar-refractivity contribution in [3.63, 3.8) is 0 Å². The Hall–Kier alpha value is -1.16. The van der Waals surface area contributed by atoms with Gasteiger partial charge in [-0.2, -0.15) is 0 Å². The van der Waals surface area contributed by atoms with Crippen LogP contribution in [0.1, 0.15) is 42.6 Å². The van der Waals surface area contributed by atoms with Gasteiger partial charge in [-0.25, -0.2) is 9.97 Å². The van der Waals surface area contributed by atoms with Crippen LogP contribution in [0, 0.1) is 0 Å². The Bertz CT molecular complexity index is 389. The van der Waals surface area contributed by atoms with Crippen LogP contribution in [-0.4, -0.2) is 33.9 Å². The summed E-state index contributed by atoms with van der Waals surface area (Å²) in [6, 6.07) is 0. The van der Waals surface area contributed by atoms with Gasteiger partial charge in [0.05, 0.1) is 5.02 Å². The van der Waals surface area contributed by atoms with Gasteiger partial charge in [0, 0.05) is 19.3 Å². The monoisotopic (exact) mass is 253 g/mol. The van der Waals surface area contributed by atoms with Crippen molar-refractivity contribution in [2.45, 2.75) is 32.1 Å². The maximum absolute atomic E-state index is 12.2. The van der Waals surface area contributed by atoms with Crippen LogP contribution in [-0.2, 0) is 0 Å². The van der Waals surface area contributed by atoms with Gasteiger partial charge < -0.3 is 4.90 Å². The molecule has 17 heavy (non-hydrogen) atoms. The molecule has 1 saturated heterocycles. The molecule has 1 aromatic heterocycles. The molecule has 2 rings (SSSR count). The molecule has 0 saturated carbocycles. The second kappa shape index (κ2) is 5.96. The Kier molecular flexibility index (Phi) is 4.31. The van der Waals surface area contributed by atoms with Gasteiger partial charge in [-0.15, -0.1) is 0 Å². The maximum atomic E-state index is 12.2. The summed E-state index contributed by atoms with van der Waals surface area (Å²) in [6.45, 7) is 1.61. The van der Waals surface area contributed by atoms with Gasteiger partial charge in [-0.05, 0) is 12.8 Å². The Labute approximate surface area is 106 Å². The van der Waals surface area contributed by atoms with Crippen molar-refractivity contribution in [1.29, 1.82) is 0 Å². The fourth-order valence-electron chi connectivity index (χ4n) is 2.07. The van der Waals surface area contributed by atoms with Crippen molar-refractivity contribution in [2.24, 2.45) is 0 Å². The average Bonchev–Trinajstić information content (AvgIpc) is 2.28. The van der Waals surface area contributed by atoms with E-state index in [1.165, 1.54) is 31.8 Å². The van der Waals surface area contributed by atoms with Crippen molar-refractivity contribution < 1.29 is 4.79 Å². The molecule has 0 aromatic carbocycles. The lowest BCUT2D eigenvalue weighted by atomic mass is 10.1. The summed E-state index contributed by atoms with van der Waals surface area (Å²) in [6.07, 6.45) is 8.62. The van der Waals surface area contributed by atoms with Crippen molar-refractivity contribution in [2.75, 3.05) is 13.1 Å². The number of aromatic nitrogens is 2. The molecular weight excluding hydrogens is 238 g/mol. The Morgan fingerprint density at radius 1 is 1.18 bits per heavy atom. The maximum Gasteiger partial charge on any atom is 0.274 e. The Morgan fingerprint density at radius 2 is 1.82 bits per heavy atom. The molecule has 0 unspecified atom stereocenters. The predicted octanol–water partition coefficient (Wildman–Crippen LogP) is 2.54. The molecule has 0 radical (unpaired) electrons. The molecule has 1 aromatic rings. The highest BCUT2D eigenvalue weighted by Gasteiger charge is 2.20. The van der Waals surface area contributed by atoms with Gasteiger partial charge in [0.25, 0.3) is 5.91 Å². The second-order valence-electron chi connectivity index (χ2n) is 4.28. The summed E-state index contributed by atoms with van der Waals surface area (Å²) in [5.74, 6) is -0.0701. The topological polar surface area (TPSA) is 46.1 Å². The highest BCUT2D eigenvalue weighted by Crippen LogP contribution is 2.16.